The number of ether oxygens (including phenoxy) is 1. The van der Waals surface area contributed by atoms with Crippen LogP contribution in [0.15, 0.2) is 29.2 Å². The van der Waals surface area contributed by atoms with E-state index in [9.17, 15) is 4.79 Å². The van der Waals surface area contributed by atoms with Crippen LogP contribution in [0.1, 0.15) is 26.3 Å². The van der Waals surface area contributed by atoms with Crippen LogP contribution in [0.4, 0.5) is 0 Å². The van der Waals surface area contributed by atoms with Gasteiger partial charge in [0.05, 0.1) is 12.5 Å². The second kappa shape index (κ2) is 4.16. The first kappa shape index (κ1) is 12.7. The zero-order chi connectivity index (χ0) is 13.5. The van der Waals surface area contributed by atoms with E-state index >= 15 is 0 Å². The van der Waals surface area contributed by atoms with Gasteiger partial charge in [0, 0.05) is 13.2 Å². The molecule has 0 aliphatic heterocycles. The summed E-state index contributed by atoms with van der Waals surface area (Å²) in [5.41, 5.74) is 1.18. The molecule has 0 atom stereocenters. The van der Waals surface area contributed by atoms with Crippen LogP contribution in [0.3, 0.4) is 0 Å². The van der Waals surface area contributed by atoms with Crippen molar-refractivity contribution in [2.75, 3.05) is 7.11 Å². The minimum Gasteiger partial charge on any atom is -0.497 e. The van der Waals surface area contributed by atoms with Gasteiger partial charge in [-0.15, -0.1) is 0 Å². The summed E-state index contributed by atoms with van der Waals surface area (Å²) in [5.74, 6) is 0.714. The number of benzene rings is 1. The van der Waals surface area contributed by atoms with Crippen molar-refractivity contribution in [3.63, 3.8) is 0 Å². The number of aryl methyl sites for hydroxylation is 1. The molecule has 0 bridgehead atoms. The summed E-state index contributed by atoms with van der Waals surface area (Å²) in [4.78, 5) is 12.2. The highest BCUT2D eigenvalue weighted by atomic mass is 16.5. The van der Waals surface area contributed by atoms with Crippen molar-refractivity contribution in [2.45, 2.75) is 26.2 Å². The van der Waals surface area contributed by atoms with Gasteiger partial charge < -0.3 is 9.30 Å². The molecule has 3 nitrogen and oxygen atoms in total. The Bertz CT molecular complexity index is 648. The summed E-state index contributed by atoms with van der Waals surface area (Å²) >= 11 is 0. The number of hydrogen-bond acceptors (Lipinski definition) is 2. The highest BCUT2D eigenvalue weighted by Crippen LogP contribution is 2.29. The number of hydrogen-bond donors (Lipinski definition) is 0. The molecule has 0 spiro atoms. The Morgan fingerprint density at radius 3 is 2.39 bits per heavy atom. The van der Waals surface area contributed by atoms with E-state index in [1.165, 1.54) is 5.56 Å². The SMILES string of the molecule is COc1ccc2c(C(C)(C)C)cn(C)c(=O)c2c1. The van der Waals surface area contributed by atoms with E-state index in [4.69, 9.17) is 4.74 Å². The standard InChI is InChI=1S/C15H19NO2/c1-15(2,3)13-9-16(4)14(17)12-8-10(18-5)6-7-11(12)13/h6-9H,1-5H3. The molecule has 0 fully saturated rings. The van der Waals surface area contributed by atoms with Gasteiger partial charge >= 0.3 is 0 Å². The first-order valence-electron chi connectivity index (χ1n) is 6.02. The molecule has 0 radical (unpaired) electrons. The van der Waals surface area contributed by atoms with Crippen LogP contribution in [-0.4, -0.2) is 11.7 Å². The quantitative estimate of drug-likeness (QED) is 0.773. The van der Waals surface area contributed by atoms with Crippen molar-refractivity contribution in [2.24, 2.45) is 7.05 Å². The summed E-state index contributed by atoms with van der Waals surface area (Å²) in [5, 5.41) is 1.72. The molecular weight excluding hydrogens is 226 g/mol. The molecule has 0 N–H and O–H groups in total. The Balaban J connectivity index is 2.91. The fraction of sp³-hybridized carbons (Fsp3) is 0.400. The molecule has 1 aromatic carbocycles. The summed E-state index contributed by atoms with van der Waals surface area (Å²) in [7, 11) is 3.40. The number of methoxy groups -OCH3 is 1. The zero-order valence-corrected chi connectivity index (χ0v) is 11.6. The predicted molar refractivity (Wildman–Crippen MR) is 74.4 cm³/mol. The largest absolute Gasteiger partial charge is 0.497 e. The average Bonchev–Trinajstić information content (AvgIpc) is 2.31. The number of pyridine rings is 1. The van der Waals surface area contributed by atoms with Crippen LogP contribution >= 0.6 is 0 Å². The van der Waals surface area contributed by atoms with Gasteiger partial charge in [0.15, 0.2) is 0 Å². The fourth-order valence-electron chi connectivity index (χ4n) is 2.17. The van der Waals surface area contributed by atoms with Gasteiger partial charge in [-0.05, 0) is 28.5 Å². The van der Waals surface area contributed by atoms with Crippen LogP contribution in [0, 0.1) is 0 Å². The van der Waals surface area contributed by atoms with Crippen molar-refractivity contribution >= 4 is 10.8 Å². The molecule has 3 heteroatoms. The van der Waals surface area contributed by atoms with Crippen molar-refractivity contribution in [3.8, 4) is 5.75 Å². The Morgan fingerprint density at radius 2 is 1.83 bits per heavy atom. The lowest BCUT2D eigenvalue weighted by Gasteiger charge is -2.22. The topological polar surface area (TPSA) is 31.2 Å². The summed E-state index contributed by atoms with van der Waals surface area (Å²) in [6.07, 6.45) is 1.93. The monoisotopic (exact) mass is 245 g/mol. The summed E-state index contributed by atoms with van der Waals surface area (Å²) < 4.78 is 6.84. The predicted octanol–water partition coefficient (Wildman–Crippen LogP) is 2.84. The van der Waals surface area contributed by atoms with Gasteiger partial charge in [-0.1, -0.05) is 26.8 Å². The number of rotatable bonds is 1. The van der Waals surface area contributed by atoms with E-state index in [2.05, 4.69) is 20.8 Å². The van der Waals surface area contributed by atoms with Crippen LogP contribution in [0.25, 0.3) is 10.8 Å². The van der Waals surface area contributed by atoms with E-state index in [0.29, 0.717) is 11.1 Å². The summed E-state index contributed by atoms with van der Waals surface area (Å²) in [6, 6.07) is 5.68. The molecule has 18 heavy (non-hydrogen) atoms. The third-order valence-corrected chi connectivity index (χ3v) is 3.20. The Morgan fingerprint density at radius 1 is 1.17 bits per heavy atom. The molecule has 0 unspecified atom stereocenters. The molecule has 2 rings (SSSR count). The molecule has 96 valence electrons. The minimum atomic E-state index is -0.00169. The molecule has 1 aromatic heterocycles. The third-order valence-electron chi connectivity index (χ3n) is 3.20. The van der Waals surface area contributed by atoms with Gasteiger partial charge in [0.25, 0.3) is 5.56 Å². The molecule has 2 aromatic rings. The normalized spacial score (nSPS) is 11.8. The molecule has 0 saturated heterocycles. The summed E-state index contributed by atoms with van der Waals surface area (Å²) in [6.45, 7) is 6.45. The Labute approximate surface area is 107 Å². The van der Waals surface area contributed by atoms with Gasteiger partial charge in [0.2, 0.25) is 0 Å². The van der Waals surface area contributed by atoms with Crippen LogP contribution in [0.2, 0.25) is 0 Å². The Hall–Kier alpha value is -1.77. The van der Waals surface area contributed by atoms with Gasteiger partial charge in [-0.25, -0.2) is 0 Å². The van der Waals surface area contributed by atoms with Crippen molar-refractivity contribution in [1.29, 1.82) is 0 Å². The van der Waals surface area contributed by atoms with E-state index < -0.39 is 0 Å². The number of aromatic nitrogens is 1. The van der Waals surface area contributed by atoms with Crippen molar-refractivity contribution in [3.05, 3.63) is 40.3 Å². The third kappa shape index (κ3) is 2.01. The molecule has 0 aliphatic carbocycles. The maximum Gasteiger partial charge on any atom is 0.258 e. The zero-order valence-electron chi connectivity index (χ0n) is 11.6. The maximum absolute atomic E-state index is 12.2. The number of nitrogens with zero attached hydrogens (tertiary/aromatic N) is 1. The Kier molecular flexibility index (Phi) is 2.93. The average molecular weight is 245 g/mol. The lowest BCUT2D eigenvalue weighted by Crippen LogP contribution is -2.22. The fourth-order valence-corrected chi connectivity index (χ4v) is 2.17. The van der Waals surface area contributed by atoms with Gasteiger partial charge in [-0.2, -0.15) is 0 Å². The molecule has 1 heterocycles. The highest BCUT2D eigenvalue weighted by molar-refractivity contribution is 5.86. The van der Waals surface area contributed by atoms with Crippen molar-refractivity contribution in [1.82, 2.24) is 4.57 Å². The second-order valence-electron chi connectivity index (χ2n) is 5.62. The molecule has 0 saturated carbocycles. The number of fused-ring (bicyclic) bond motifs is 1. The highest BCUT2D eigenvalue weighted by Gasteiger charge is 2.19. The lowest BCUT2D eigenvalue weighted by molar-refractivity contribution is 0.415. The van der Waals surface area contributed by atoms with E-state index in [1.807, 2.05) is 24.4 Å². The second-order valence-corrected chi connectivity index (χ2v) is 5.62. The smallest absolute Gasteiger partial charge is 0.258 e. The van der Waals surface area contributed by atoms with Gasteiger partial charge in [0.1, 0.15) is 5.75 Å². The van der Waals surface area contributed by atoms with Crippen LogP contribution in [-0.2, 0) is 12.5 Å². The molecule has 0 amide bonds. The first-order chi connectivity index (χ1) is 8.34. The van der Waals surface area contributed by atoms with E-state index in [-0.39, 0.29) is 11.0 Å². The van der Waals surface area contributed by atoms with Crippen molar-refractivity contribution < 1.29 is 4.74 Å². The molecular formula is C15H19NO2. The maximum atomic E-state index is 12.2. The van der Waals surface area contributed by atoms with E-state index in [0.717, 1.165) is 5.39 Å². The molecule has 0 aliphatic rings. The lowest BCUT2D eigenvalue weighted by atomic mass is 9.85. The first-order valence-corrected chi connectivity index (χ1v) is 6.02. The van der Waals surface area contributed by atoms with E-state index in [1.54, 1.807) is 18.7 Å². The van der Waals surface area contributed by atoms with Crippen LogP contribution < -0.4 is 10.3 Å². The van der Waals surface area contributed by atoms with Crippen LogP contribution in [0.5, 0.6) is 5.75 Å². The minimum absolute atomic E-state index is 0.00169. The van der Waals surface area contributed by atoms with Gasteiger partial charge in [-0.3, -0.25) is 4.79 Å².